The van der Waals surface area contributed by atoms with Crippen molar-refractivity contribution in [2.24, 2.45) is 10.8 Å². The van der Waals surface area contributed by atoms with Crippen molar-refractivity contribution in [3.63, 3.8) is 0 Å². The third kappa shape index (κ3) is 2.23. The summed E-state index contributed by atoms with van der Waals surface area (Å²) in [5, 5.41) is 0.678. The minimum Gasteiger partial charge on any atom is -0.377 e. The van der Waals surface area contributed by atoms with Gasteiger partial charge in [0.15, 0.2) is 0 Å². The van der Waals surface area contributed by atoms with Gasteiger partial charge in [-0.1, -0.05) is 31.5 Å². The van der Waals surface area contributed by atoms with Crippen LogP contribution in [0.1, 0.15) is 32.3 Å². The molecule has 0 radical (unpaired) electrons. The summed E-state index contributed by atoms with van der Waals surface area (Å²) < 4.78 is 5.68. The van der Waals surface area contributed by atoms with E-state index in [-0.39, 0.29) is 23.0 Å². The second-order valence-electron chi connectivity index (χ2n) is 8.07. The van der Waals surface area contributed by atoms with E-state index in [0.717, 1.165) is 11.3 Å². The Morgan fingerprint density at radius 3 is 2.58 bits per heavy atom. The number of fused-ring (bicyclic) bond motifs is 4. The first kappa shape index (κ1) is 16.1. The van der Waals surface area contributed by atoms with Crippen molar-refractivity contribution in [2.45, 2.75) is 39.2 Å². The summed E-state index contributed by atoms with van der Waals surface area (Å²) in [4.78, 5) is 28.6. The zero-order chi connectivity index (χ0) is 17.1. The number of morpholine rings is 1. The maximum absolute atomic E-state index is 13.2. The first-order valence-corrected chi connectivity index (χ1v) is 8.91. The largest absolute Gasteiger partial charge is 0.377 e. The van der Waals surface area contributed by atoms with Gasteiger partial charge in [-0.2, -0.15) is 0 Å². The van der Waals surface area contributed by atoms with E-state index in [4.69, 9.17) is 16.3 Å². The molecule has 0 amide bonds. The smallest absolute Gasteiger partial charge is 0.149 e. The molecule has 1 aromatic rings. The van der Waals surface area contributed by atoms with Gasteiger partial charge in [0.25, 0.3) is 0 Å². The van der Waals surface area contributed by atoms with E-state index in [1.807, 2.05) is 32.0 Å². The van der Waals surface area contributed by atoms with E-state index in [0.29, 0.717) is 44.0 Å². The lowest BCUT2D eigenvalue weighted by Gasteiger charge is -2.54. The molecule has 1 unspecified atom stereocenters. The van der Waals surface area contributed by atoms with E-state index >= 15 is 0 Å². The molecule has 1 spiro atoms. The molecule has 2 heterocycles. The average molecular weight is 348 g/mol. The molecule has 3 aliphatic rings. The molecule has 0 N–H and O–H groups in total. The number of hydrogen-bond acceptors (Lipinski definition) is 4. The third-order valence-corrected chi connectivity index (χ3v) is 6.03. The quantitative estimate of drug-likeness (QED) is 0.677. The Hall–Kier alpha value is -1.39. The average Bonchev–Trinajstić information content (AvgIpc) is 2.52. The molecule has 128 valence electrons. The fourth-order valence-corrected chi connectivity index (χ4v) is 4.81. The number of carbonyl (C=O) groups excluding carboxylic acids is 2. The monoisotopic (exact) mass is 347 g/mol. The summed E-state index contributed by atoms with van der Waals surface area (Å²) in [7, 11) is 0. The number of hydrogen-bond donors (Lipinski definition) is 0. The number of benzene rings is 1. The molecule has 2 fully saturated rings. The summed E-state index contributed by atoms with van der Waals surface area (Å²) >= 11 is 6.19. The molecule has 1 aliphatic carbocycles. The van der Waals surface area contributed by atoms with Crippen LogP contribution in [-0.2, 0) is 20.7 Å². The highest BCUT2D eigenvalue weighted by atomic mass is 35.5. The Balaban J connectivity index is 1.86. The summed E-state index contributed by atoms with van der Waals surface area (Å²) in [6, 6.07) is 5.54. The van der Waals surface area contributed by atoms with E-state index in [9.17, 15) is 9.59 Å². The van der Waals surface area contributed by atoms with E-state index in [1.165, 1.54) is 0 Å². The number of ether oxygens (including phenoxy) is 1. The highest BCUT2D eigenvalue weighted by Gasteiger charge is 2.60. The number of carbonyl (C=O) groups is 2. The van der Waals surface area contributed by atoms with Crippen LogP contribution in [0.2, 0.25) is 5.02 Å². The van der Waals surface area contributed by atoms with Crippen LogP contribution < -0.4 is 4.90 Å². The van der Waals surface area contributed by atoms with Gasteiger partial charge in [0.05, 0.1) is 19.3 Å². The molecule has 1 aromatic carbocycles. The molecule has 1 saturated heterocycles. The fraction of sp³-hybridized carbons (Fsp3) is 0.579. The van der Waals surface area contributed by atoms with Gasteiger partial charge in [-0.15, -0.1) is 0 Å². The summed E-state index contributed by atoms with van der Waals surface area (Å²) in [5.41, 5.74) is 0.877. The Bertz CT molecular complexity index is 707. The molecule has 1 saturated carbocycles. The van der Waals surface area contributed by atoms with Crippen molar-refractivity contribution in [1.82, 2.24) is 0 Å². The van der Waals surface area contributed by atoms with E-state index in [1.54, 1.807) is 0 Å². The van der Waals surface area contributed by atoms with Crippen LogP contribution in [0.25, 0.3) is 0 Å². The molecule has 2 aliphatic heterocycles. The standard InChI is InChI=1S/C19H22ClNO3/c1-18(2)9-16(22)19(17(23)10-18)8-12-3-4-13(20)7-14(12)21-5-6-24-11-15(19)21/h3-4,7,15H,5-6,8-11H2,1-2H3. The molecule has 24 heavy (non-hydrogen) atoms. The zero-order valence-corrected chi connectivity index (χ0v) is 14.9. The van der Waals surface area contributed by atoms with Gasteiger partial charge in [-0.3, -0.25) is 9.59 Å². The maximum atomic E-state index is 13.2. The van der Waals surface area contributed by atoms with Crippen molar-refractivity contribution in [2.75, 3.05) is 24.7 Å². The fourth-order valence-electron chi connectivity index (χ4n) is 4.64. The van der Waals surface area contributed by atoms with Crippen molar-refractivity contribution < 1.29 is 14.3 Å². The van der Waals surface area contributed by atoms with Gasteiger partial charge in [0.2, 0.25) is 0 Å². The molecule has 5 heteroatoms. The van der Waals surface area contributed by atoms with Gasteiger partial charge in [-0.25, -0.2) is 0 Å². The van der Waals surface area contributed by atoms with Gasteiger partial charge >= 0.3 is 0 Å². The molecule has 0 aromatic heterocycles. The molecule has 4 rings (SSSR count). The first-order chi connectivity index (χ1) is 11.3. The van der Waals surface area contributed by atoms with Crippen LogP contribution in [0.4, 0.5) is 5.69 Å². The number of Topliss-reactive ketones (excluding diaryl/α,β-unsaturated/α-hetero) is 2. The molecule has 1 atom stereocenters. The molecule has 0 bridgehead atoms. The first-order valence-electron chi connectivity index (χ1n) is 8.53. The molecular weight excluding hydrogens is 326 g/mol. The Morgan fingerprint density at radius 1 is 1.17 bits per heavy atom. The van der Waals surface area contributed by atoms with E-state index in [2.05, 4.69) is 4.90 Å². The van der Waals surface area contributed by atoms with Crippen LogP contribution in [-0.4, -0.2) is 37.4 Å². The normalized spacial score (nSPS) is 27.8. The summed E-state index contributed by atoms with van der Waals surface area (Å²) in [6.07, 6.45) is 1.37. The van der Waals surface area contributed by atoms with Gasteiger partial charge in [-0.05, 0) is 29.5 Å². The van der Waals surface area contributed by atoms with Crippen LogP contribution in [0, 0.1) is 10.8 Å². The SMILES string of the molecule is CC1(C)CC(=O)C2(Cc3ccc(Cl)cc3N3CCOCC32)C(=O)C1. The predicted octanol–water partition coefficient (Wildman–Crippen LogP) is 3.05. The molecule has 4 nitrogen and oxygen atoms in total. The number of nitrogens with zero attached hydrogens (tertiary/aromatic N) is 1. The minimum absolute atomic E-state index is 0.0739. The second kappa shape index (κ2) is 5.30. The number of ketones is 2. The number of halogens is 1. The summed E-state index contributed by atoms with van der Waals surface area (Å²) in [6.45, 7) is 5.71. The van der Waals surface area contributed by atoms with Crippen molar-refractivity contribution in [1.29, 1.82) is 0 Å². The Morgan fingerprint density at radius 2 is 1.88 bits per heavy atom. The number of rotatable bonds is 0. The van der Waals surface area contributed by atoms with Crippen molar-refractivity contribution in [3.8, 4) is 0 Å². The third-order valence-electron chi connectivity index (χ3n) is 5.80. The van der Waals surface area contributed by atoms with Crippen LogP contribution in [0.5, 0.6) is 0 Å². The zero-order valence-electron chi connectivity index (χ0n) is 14.1. The lowest BCUT2D eigenvalue weighted by Crippen LogP contribution is -2.66. The summed E-state index contributed by atoms with van der Waals surface area (Å²) in [5.74, 6) is 0.148. The van der Waals surface area contributed by atoms with Crippen LogP contribution in [0.3, 0.4) is 0 Å². The Labute approximate surface area is 147 Å². The van der Waals surface area contributed by atoms with Crippen molar-refractivity contribution in [3.05, 3.63) is 28.8 Å². The number of anilines is 1. The second-order valence-corrected chi connectivity index (χ2v) is 8.51. The van der Waals surface area contributed by atoms with Crippen LogP contribution in [0.15, 0.2) is 18.2 Å². The topological polar surface area (TPSA) is 46.6 Å². The van der Waals surface area contributed by atoms with E-state index < -0.39 is 5.41 Å². The lowest BCUT2D eigenvalue weighted by molar-refractivity contribution is -0.152. The molecular formula is C19H22ClNO3. The van der Waals surface area contributed by atoms with Gasteiger partial charge in [0.1, 0.15) is 17.0 Å². The minimum atomic E-state index is -0.962. The predicted molar refractivity (Wildman–Crippen MR) is 92.6 cm³/mol. The van der Waals surface area contributed by atoms with Gasteiger partial charge in [0, 0.05) is 30.1 Å². The lowest BCUT2D eigenvalue weighted by atomic mass is 9.56. The maximum Gasteiger partial charge on any atom is 0.149 e. The van der Waals surface area contributed by atoms with Crippen molar-refractivity contribution >= 4 is 28.9 Å². The highest BCUT2D eigenvalue weighted by molar-refractivity contribution is 6.31. The highest BCUT2D eigenvalue weighted by Crippen LogP contribution is 2.50. The Kier molecular flexibility index (Phi) is 3.56. The van der Waals surface area contributed by atoms with Crippen LogP contribution >= 0.6 is 11.6 Å². The van der Waals surface area contributed by atoms with Gasteiger partial charge < -0.3 is 9.64 Å².